The predicted molar refractivity (Wildman–Crippen MR) is 116 cm³/mol. The zero-order valence-corrected chi connectivity index (χ0v) is 17.8. The van der Waals surface area contributed by atoms with Crippen LogP contribution in [0.3, 0.4) is 0 Å². The van der Waals surface area contributed by atoms with Crippen molar-refractivity contribution in [3.05, 3.63) is 35.9 Å². The third-order valence-corrected chi connectivity index (χ3v) is 6.01. The summed E-state index contributed by atoms with van der Waals surface area (Å²) < 4.78 is 5.49. The van der Waals surface area contributed by atoms with Crippen molar-refractivity contribution in [2.75, 3.05) is 53.0 Å². The van der Waals surface area contributed by atoms with Gasteiger partial charge in [0, 0.05) is 51.4 Å². The Hall–Kier alpha value is -1.63. The third kappa shape index (κ3) is 5.93. The SMILES string of the molecule is CN=C(NCC1CCCN1Cc1ccccc1)NCC(C)(C)N1CCOCC1. The Morgan fingerprint density at radius 2 is 1.89 bits per heavy atom. The van der Waals surface area contributed by atoms with E-state index in [9.17, 15) is 0 Å². The van der Waals surface area contributed by atoms with E-state index in [0.717, 1.165) is 51.9 Å². The number of hydrogen-bond donors (Lipinski definition) is 2. The number of aliphatic imine (C=N–C) groups is 1. The van der Waals surface area contributed by atoms with Crippen LogP contribution >= 0.6 is 0 Å². The zero-order valence-electron chi connectivity index (χ0n) is 17.8. The molecular formula is C22H37N5O. The molecule has 0 amide bonds. The van der Waals surface area contributed by atoms with Crippen molar-refractivity contribution in [2.24, 2.45) is 4.99 Å². The summed E-state index contributed by atoms with van der Waals surface area (Å²) in [5, 5.41) is 7.09. The van der Waals surface area contributed by atoms with E-state index in [4.69, 9.17) is 4.74 Å². The van der Waals surface area contributed by atoms with Crippen molar-refractivity contribution in [1.29, 1.82) is 0 Å². The highest BCUT2D eigenvalue weighted by Gasteiger charge is 2.29. The fourth-order valence-corrected chi connectivity index (χ4v) is 4.17. The lowest BCUT2D eigenvalue weighted by Gasteiger charge is -2.41. The van der Waals surface area contributed by atoms with Crippen LogP contribution < -0.4 is 10.6 Å². The van der Waals surface area contributed by atoms with Crippen LogP contribution in [0.5, 0.6) is 0 Å². The van der Waals surface area contributed by atoms with Crippen LogP contribution in [0.2, 0.25) is 0 Å². The number of ether oxygens (including phenoxy) is 1. The molecule has 28 heavy (non-hydrogen) atoms. The molecule has 0 spiro atoms. The van der Waals surface area contributed by atoms with Gasteiger partial charge in [-0.05, 0) is 38.8 Å². The summed E-state index contributed by atoms with van der Waals surface area (Å²) >= 11 is 0. The average Bonchev–Trinajstić information content (AvgIpc) is 3.16. The summed E-state index contributed by atoms with van der Waals surface area (Å²) in [5.41, 5.74) is 1.47. The molecule has 1 unspecified atom stereocenters. The lowest BCUT2D eigenvalue weighted by molar-refractivity contribution is -0.00834. The van der Waals surface area contributed by atoms with E-state index in [2.05, 4.69) is 69.6 Å². The molecule has 2 saturated heterocycles. The second-order valence-corrected chi connectivity index (χ2v) is 8.47. The molecule has 2 aliphatic rings. The summed E-state index contributed by atoms with van der Waals surface area (Å²) in [6.07, 6.45) is 2.52. The van der Waals surface area contributed by atoms with Crippen LogP contribution in [-0.4, -0.2) is 80.3 Å². The molecule has 0 radical (unpaired) electrons. The van der Waals surface area contributed by atoms with Crippen LogP contribution in [0.4, 0.5) is 0 Å². The quantitative estimate of drug-likeness (QED) is 0.553. The monoisotopic (exact) mass is 387 g/mol. The molecule has 0 bridgehead atoms. The molecule has 0 saturated carbocycles. The smallest absolute Gasteiger partial charge is 0.191 e. The van der Waals surface area contributed by atoms with E-state index in [-0.39, 0.29) is 5.54 Å². The summed E-state index contributed by atoms with van der Waals surface area (Å²) in [6.45, 7) is 12.2. The van der Waals surface area contributed by atoms with Gasteiger partial charge in [0.25, 0.3) is 0 Å². The lowest BCUT2D eigenvalue weighted by Crippen LogP contribution is -2.57. The predicted octanol–water partition coefficient (Wildman–Crippen LogP) is 1.93. The number of nitrogens with one attached hydrogen (secondary N) is 2. The van der Waals surface area contributed by atoms with Gasteiger partial charge in [0.1, 0.15) is 0 Å². The van der Waals surface area contributed by atoms with Gasteiger partial charge in [-0.25, -0.2) is 0 Å². The van der Waals surface area contributed by atoms with Gasteiger partial charge < -0.3 is 15.4 Å². The first-order valence-corrected chi connectivity index (χ1v) is 10.6. The first-order chi connectivity index (χ1) is 13.6. The molecule has 2 heterocycles. The van der Waals surface area contributed by atoms with Crippen molar-refractivity contribution < 1.29 is 4.74 Å². The van der Waals surface area contributed by atoms with Crippen molar-refractivity contribution in [2.45, 2.75) is 44.8 Å². The fraction of sp³-hybridized carbons (Fsp3) is 0.682. The molecule has 6 nitrogen and oxygen atoms in total. The molecule has 6 heteroatoms. The first-order valence-electron chi connectivity index (χ1n) is 10.6. The molecule has 2 fully saturated rings. The molecule has 0 aromatic heterocycles. The number of hydrogen-bond acceptors (Lipinski definition) is 4. The van der Waals surface area contributed by atoms with Gasteiger partial charge in [0.2, 0.25) is 0 Å². The van der Waals surface area contributed by atoms with Gasteiger partial charge in [0.05, 0.1) is 13.2 Å². The highest BCUT2D eigenvalue weighted by molar-refractivity contribution is 5.79. The lowest BCUT2D eigenvalue weighted by atomic mass is 10.0. The normalized spacial score (nSPS) is 22.4. The van der Waals surface area contributed by atoms with Crippen molar-refractivity contribution in [1.82, 2.24) is 20.4 Å². The summed E-state index contributed by atoms with van der Waals surface area (Å²) in [7, 11) is 1.85. The van der Waals surface area contributed by atoms with Crippen LogP contribution in [-0.2, 0) is 11.3 Å². The molecule has 1 atom stereocenters. The van der Waals surface area contributed by atoms with E-state index < -0.39 is 0 Å². The van der Waals surface area contributed by atoms with Crippen LogP contribution in [0.15, 0.2) is 35.3 Å². The molecular weight excluding hydrogens is 350 g/mol. The van der Waals surface area contributed by atoms with E-state index in [1.807, 2.05) is 7.05 Å². The largest absolute Gasteiger partial charge is 0.379 e. The number of rotatable bonds is 7. The van der Waals surface area contributed by atoms with Crippen LogP contribution in [0, 0.1) is 0 Å². The van der Waals surface area contributed by atoms with E-state index in [0.29, 0.717) is 6.04 Å². The van der Waals surface area contributed by atoms with Gasteiger partial charge in [0.15, 0.2) is 5.96 Å². The zero-order chi connectivity index (χ0) is 19.8. The minimum absolute atomic E-state index is 0.0775. The second-order valence-electron chi connectivity index (χ2n) is 8.47. The Kier molecular flexibility index (Phi) is 7.71. The van der Waals surface area contributed by atoms with E-state index in [1.54, 1.807) is 0 Å². The van der Waals surface area contributed by atoms with Crippen LogP contribution in [0.25, 0.3) is 0 Å². The molecule has 1 aromatic rings. The molecule has 2 N–H and O–H groups in total. The minimum Gasteiger partial charge on any atom is -0.379 e. The van der Waals surface area contributed by atoms with Crippen molar-refractivity contribution in [3.63, 3.8) is 0 Å². The molecule has 2 aliphatic heterocycles. The summed E-state index contributed by atoms with van der Waals surface area (Å²) in [4.78, 5) is 9.52. The maximum Gasteiger partial charge on any atom is 0.191 e. The van der Waals surface area contributed by atoms with Gasteiger partial charge in [-0.3, -0.25) is 14.8 Å². The second kappa shape index (κ2) is 10.2. The maximum atomic E-state index is 5.49. The number of morpholine rings is 1. The number of nitrogens with zero attached hydrogens (tertiary/aromatic N) is 3. The molecule has 1 aromatic carbocycles. The van der Waals surface area contributed by atoms with Gasteiger partial charge in [-0.2, -0.15) is 0 Å². The number of likely N-dealkylation sites (tertiary alicyclic amines) is 1. The van der Waals surface area contributed by atoms with Gasteiger partial charge in [-0.1, -0.05) is 30.3 Å². The Morgan fingerprint density at radius 1 is 1.14 bits per heavy atom. The van der Waals surface area contributed by atoms with Gasteiger partial charge in [-0.15, -0.1) is 0 Å². The highest BCUT2D eigenvalue weighted by atomic mass is 16.5. The Bertz CT molecular complexity index is 613. The van der Waals surface area contributed by atoms with Crippen molar-refractivity contribution >= 4 is 5.96 Å². The molecule has 156 valence electrons. The Labute approximate surface area is 170 Å². The number of guanidine groups is 1. The highest BCUT2D eigenvalue weighted by Crippen LogP contribution is 2.19. The summed E-state index contributed by atoms with van der Waals surface area (Å²) in [6, 6.07) is 11.3. The molecule has 3 rings (SSSR count). The maximum absolute atomic E-state index is 5.49. The average molecular weight is 388 g/mol. The third-order valence-electron chi connectivity index (χ3n) is 6.01. The molecule has 0 aliphatic carbocycles. The van der Waals surface area contributed by atoms with E-state index in [1.165, 1.54) is 24.9 Å². The standard InChI is InChI=1S/C22H37N5O/c1-22(2,27-12-14-28-15-13-27)18-25-21(23-3)24-16-20-10-7-11-26(20)17-19-8-5-4-6-9-19/h4-6,8-9,20H,7,10-18H2,1-3H3,(H2,23,24,25). The van der Waals surface area contributed by atoms with Gasteiger partial charge >= 0.3 is 0 Å². The topological polar surface area (TPSA) is 52.1 Å². The van der Waals surface area contributed by atoms with E-state index >= 15 is 0 Å². The Morgan fingerprint density at radius 3 is 2.61 bits per heavy atom. The Balaban J connectivity index is 1.45. The van der Waals surface area contributed by atoms with Crippen LogP contribution in [0.1, 0.15) is 32.3 Å². The number of benzene rings is 1. The summed E-state index contributed by atoms with van der Waals surface area (Å²) in [5.74, 6) is 0.896. The van der Waals surface area contributed by atoms with Crippen molar-refractivity contribution in [3.8, 4) is 0 Å². The minimum atomic E-state index is 0.0775. The first kappa shape index (κ1) is 21.1. The fourth-order valence-electron chi connectivity index (χ4n) is 4.17.